The number of benzene rings is 4. The Morgan fingerprint density at radius 2 is 0.953 bits per heavy atom. The lowest BCUT2D eigenvalue weighted by atomic mass is 10.1. The van der Waals surface area contributed by atoms with Crippen molar-refractivity contribution in [2.45, 2.75) is 20.8 Å². The smallest absolute Gasteiger partial charge is 0.462 e. The van der Waals surface area contributed by atoms with Gasteiger partial charge in [0.05, 0.1) is 5.57 Å². The standard InChI is InChI=1S/C39H31N3O/c1-28-6-19-35(20-7-28)42(36-21-8-29(2)9-22-36)37-23-16-33(17-24-37)15-12-31-10-13-32(14-11-31)18-25-38-27-34(26-30(3)43-38)39(40-4)41-5/h6-27H,1-3H3. The molecule has 43 heavy (non-hydrogen) atoms. The number of hydrogen-bond donors (Lipinski definition) is 0. The van der Waals surface area contributed by atoms with Gasteiger partial charge in [-0.3, -0.25) is 0 Å². The maximum atomic E-state index is 7.21. The number of allylic oxidation sites excluding steroid dienone is 5. The molecule has 0 saturated heterocycles. The Bertz CT molecular complexity index is 1780. The zero-order chi connectivity index (χ0) is 30.2. The zero-order valence-electron chi connectivity index (χ0n) is 24.5. The van der Waals surface area contributed by atoms with E-state index < -0.39 is 0 Å². The van der Waals surface area contributed by atoms with E-state index in [-0.39, 0.29) is 5.82 Å². The van der Waals surface area contributed by atoms with Gasteiger partial charge in [-0.15, -0.1) is 0 Å². The second kappa shape index (κ2) is 13.2. The summed E-state index contributed by atoms with van der Waals surface area (Å²) in [5.74, 6) is 1.28. The van der Waals surface area contributed by atoms with Crippen LogP contribution in [0, 0.1) is 27.0 Å². The summed E-state index contributed by atoms with van der Waals surface area (Å²) in [5, 5.41) is 0. The van der Waals surface area contributed by atoms with E-state index in [9.17, 15) is 0 Å². The van der Waals surface area contributed by atoms with Crippen LogP contribution in [-0.4, -0.2) is 0 Å². The predicted molar refractivity (Wildman–Crippen MR) is 178 cm³/mol. The molecule has 0 atom stereocenters. The molecule has 0 spiro atoms. The van der Waals surface area contributed by atoms with Crippen molar-refractivity contribution in [3.8, 4) is 0 Å². The number of nitrogens with zero attached hydrogens (tertiary/aromatic N) is 3. The third-order valence-electron chi connectivity index (χ3n) is 6.99. The molecule has 1 heterocycles. The first-order valence-corrected chi connectivity index (χ1v) is 14.0. The third kappa shape index (κ3) is 7.27. The topological polar surface area (TPSA) is 21.2 Å². The van der Waals surface area contributed by atoms with Crippen molar-refractivity contribution in [1.29, 1.82) is 0 Å². The van der Waals surface area contributed by atoms with Gasteiger partial charge in [0.1, 0.15) is 24.7 Å². The Labute approximate surface area is 254 Å². The summed E-state index contributed by atoms with van der Waals surface area (Å²) in [4.78, 5) is 8.89. The molecule has 1 aliphatic rings. The van der Waals surface area contributed by atoms with Crippen LogP contribution in [0.1, 0.15) is 34.7 Å². The van der Waals surface area contributed by atoms with Crippen molar-refractivity contribution in [1.82, 2.24) is 0 Å². The third-order valence-corrected chi connectivity index (χ3v) is 6.99. The number of rotatable bonds is 7. The van der Waals surface area contributed by atoms with Crippen molar-refractivity contribution >= 4 is 35.3 Å². The average Bonchev–Trinajstić information content (AvgIpc) is 3.02. The molecule has 0 radical (unpaired) electrons. The van der Waals surface area contributed by atoms with Crippen LogP contribution in [0.5, 0.6) is 0 Å². The number of aryl methyl sites for hydroxylation is 2. The van der Waals surface area contributed by atoms with Gasteiger partial charge in [-0.25, -0.2) is 0 Å². The lowest BCUT2D eigenvalue weighted by Gasteiger charge is -2.25. The van der Waals surface area contributed by atoms with Gasteiger partial charge in [0.2, 0.25) is 0 Å². The Morgan fingerprint density at radius 3 is 1.40 bits per heavy atom. The van der Waals surface area contributed by atoms with E-state index in [4.69, 9.17) is 17.9 Å². The lowest BCUT2D eigenvalue weighted by molar-refractivity contribution is 0.318. The second-order valence-electron chi connectivity index (χ2n) is 10.3. The second-order valence-corrected chi connectivity index (χ2v) is 10.3. The molecule has 0 fully saturated rings. The minimum Gasteiger partial charge on any atom is -0.462 e. The van der Waals surface area contributed by atoms with Gasteiger partial charge in [0.25, 0.3) is 0 Å². The average molecular weight is 558 g/mol. The van der Waals surface area contributed by atoms with Gasteiger partial charge >= 0.3 is 5.82 Å². The van der Waals surface area contributed by atoms with Crippen molar-refractivity contribution < 1.29 is 4.74 Å². The van der Waals surface area contributed by atoms with Crippen LogP contribution in [0.3, 0.4) is 0 Å². The molecule has 4 heteroatoms. The minimum absolute atomic E-state index is 0.0363. The fourth-order valence-electron chi connectivity index (χ4n) is 4.68. The summed E-state index contributed by atoms with van der Waals surface area (Å²) >= 11 is 0. The SMILES string of the molecule is [C-]#[N+]C([N+]#[C-])=C1C=C(C)OC(C=Cc2ccc(C=Cc3ccc(N(c4ccc(C)cc4)c4ccc(C)cc4)cc3)cc2)=C1. The first-order chi connectivity index (χ1) is 20.9. The number of hydrogen-bond acceptors (Lipinski definition) is 2. The van der Waals surface area contributed by atoms with Crippen LogP contribution < -0.4 is 4.90 Å². The molecule has 0 unspecified atom stereocenters. The van der Waals surface area contributed by atoms with E-state index >= 15 is 0 Å². The maximum Gasteiger partial charge on any atom is 0.526 e. The Morgan fingerprint density at radius 1 is 0.558 bits per heavy atom. The molecule has 208 valence electrons. The van der Waals surface area contributed by atoms with E-state index in [0.29, 0.717) is 17.1 Å². The molecule has 5 rings (SSSR count). The highest BCUT2D eigenvalue weighted by Gasteiger charge is 2.16. The van der Waals surface area contributed by atoms with Crippen LogP contribution >= 0.6 is 0 Å². The first kappa shape index (κ1) is 28.7. The Balaban J connectivity index is 1.29. The summed E-state index contributed by atoms with van der Waals surface area (Å²) in [5.41, 5.74) is 9.62. The molecule has 0 N–H and O–H groups in total. The summed E-state index contributed by atoms with van der Waals surface area (Å²) in [7, 11) is 0. The van der Waals surface area contributed by atoms with Crippen molar-refractivity contribution in [2.75, 3.05) is 4.90 Å². The van der Waals surface area contributed by atoms with Gasteiger partial charge in [-0.05, 0) is 92.1 Å². The molecule has 1 aliphatic heterocycles. The van der Waals surface area contributed by atoms with Crippen LogP contribution in [0.2, 0.25) is 0 Å². The Kier molecular flexibility index (Phi) is 8.81. The van der Waals surface area contributed by atoms with E-state index in [2.05, 4.69) is 126 Å². The highest BCUT2D eigenvalue weighted by atomic mass is 16.5. The minimum atomic E-state index is 0.0363. The molecule has 4 aromatic carbocycles. The van der Waals surface area contributed by atoms with Crippen LogP contribution in [0.15, 0.2) is 138 Å². The molecule has 0 bridgehead atoms. The summed E-state index contributed by atoms with van der Waals surface area (Å²) in [6.45, 7) is 20.4. The van der Waals surface area contributed by atoms with Crippen LogP contribution in [-0.2, 0) is 4.74 Å². The first-order valence-electron chi connectivity index (χ1n) is 14.0. The molecule has 0 amide bonds. The number of anilines is 3. The summed E-state index contributed by atoms with van der Waals surface area (Å²) in [6, 6.07) is 34.1. The molecule has 0 aliphatic carbocycles. The van der Waals surface area contributed by atoms with Gasteiger partial charge < -0.3 is 9.64 Å². The molecule has 0 aromatic heterocycles. The Hall–Kier alpha value is -5.84. The zero-order valence-corrected chi connectivity index (χ0v) is 24.5. The highest BCUT2D eigenvalue weighted by molar-refractivity contribution is 5.78. The maximum absolute atomic E-state index is 7.21. The van der Waals surface area contributed by atoms with E-state index in [1.165, 1.54) is 11.1 Å². The molecular formula is C39H31N3O. The summed E-state index contributed by atoms with van der Waals surface area (Å²) < 4.78 is 5.75. The molecule has 0 saturated carbocycles. The quantitative estimate of drug-likeness (QED) is 0.166. The summed E-state index contributed by atoms with van der Waals surface area (Å²) in [6.07, 6.45) is 11.5. The van der Waals surface area contributed by atoms with Crippen LogP contribution in [0.4, 0.5) is 17.1 Å². The van der Waals surface area contributed by atoms with Gasteiger partial charge in [0, 0.05) is 17.1 Å². The van der Waals surface area contributed by atoms with E-state index in [0.717, 1.165) is 33.8 Å². The van der Waals surface area contributed by atoms with Crippen molar-refractivity contribution in [2.24, 2.45) is 0 Å². The van der Waals surface area contributed by atoms with Gasteiger partial charge in [-0.2, -0.15) is 9.69 Å². The van der Waals surface area contributed by atoms with Crippen molar-refractivity contribution in [3.05, 3.63) is 189 Å². The molecule has 4 aromatic rings. The lowest BCUT2D eigenvalue weighted by Crippen LogP contribution is -2.09. The molecular weight excluding hydrogens is 526 g/mol. The van der Waals surface area contributed by atoms with Gasteiger partial charge in [0.15, 0.2) is 0 Å². The van der Waals surface area contributed by atoms with E-state index in [1.807, 2.05) is 31.2 Å². The van der Waals surface area contributed by atoms with E-state index in [1.54, 1.807) is 12.2 Å². The normalized spacial score (nSPS) is 12.7. The number of ether oxygens (including phenoxy) is 1. The fourth-order valence-corrected chi connectivity index (χ4v) is 4.68. The predicted octanol–water partition coefficient (Wildman–Crippen LogP) is 10.8. The molecule has 4 nitrogen and oxygen atoms in total. The van der Waals surface area contributed by atoms with Crippen LogP contribution in [0.25, 0.3) is 27.9 Å². The highest BCUT2D eigenvalue weighted by Crippen LogP contribution is 2.35. The fraction of sp³-hybridized carbons (Fsp3) is 0.0769. The van der Waals surface area contributed by atoms with Gasteiger partial charge in [-0.1, -0.05) is 90.0 Å². The largest absolute Gasteiger partial charge is 0.526 e. The van der Waals surface area contributed by atoms with Crippen molar-refractivity contribution in [3.63, 3.8) is 0 Å². The monoisotopic (exact) mass is 557 g/mol.